The molecule has 2 aromatic rings. The van der Waals surface area contributed by atoms with Gasteiger partial charge in [0.1, 0.15) is 23.5 Å². The van der Waals surface area contributed by atoms with Crippen LogP contribution in [0.15, 0.2) is 36.5 Å². The Labute approximate surface area is 216 Å². The predicted octanol–water partition coefficient (Wildman–Crippen LogP) is 3.99. The van der Waals surface area contributed by atoms with Crippen LogP contribution in [0.1, 0.15) is 43.4 Å². The Morgan fingerprint density at radius 2 is 1.78 bits per heavy atom. The number of carbonyl (C=O) groups excluding carboxylic acids is 1. The highest BCUT2D eigenvalue weighted by molar-refractivity contribution is 7.91. The summed E-state index contributed by atoms with van der Waals surface area (Å²) < 4.78 is 69.8. The van der Waals surface area contributed by atoms with E-state index < -0.39 is 38.7 Å². The zero-order chi connectivity index (χ0) is 26.6. The Kier molecular flexibility index (Phi) is 6.15. The Morgan fingerprint density at radius 3 is 2.32 bits per heavy atom. The molecule has 3 aliphatic rings. The van der Waals surface area contributed by atoms with Crippen molar-refractivity contribution in [1.29, 1.82) is 5.26 Å². The van der Waals surface area contributed by atoms with Crippen molar-refractivity contribution in [3.05, 3.63) is 47.8 Å². The molecule has 0 unspecified atom stereocenters. The Balaban J connectivity index is 1.42. The summed E-state index contributed by atoms with van der Waals surface area (Å²) in [5.74, 6) is 0.263. The molecule has 5 rings (SSSR count). The van der Waals surface area contributed by atoms with Crippen molar-refractivity contribution in [3.63, 3.8) is 0 Å². The first-order valence-corrected chi connectivity index (χ1v) is 13.8. The van der Waals surface area contributed by atoms with Gasteiger partial charge in [0.05, 0.1) is 29.0 Å². The van der Waals surface area contributed by atoms with E-state index in [9.17, 15) is 26.4 Å². The second-order valence-electron chi connectivity index (χ2n) is 9.31. The molecule has 1 aliphatic carbocycles. The van der Waals surface area contributed by atoms with Crippen molar-refractivity contribution < 1.29 is 31.1 Å². The third-order valence-electron chi connectivity index (χ3n) is 7.03. The molecule has 1 spiro atoms. The molecule has 1 aromatic heterocycles. The van der Waals surface area contributed by atoms with Gasteiger partial charge in [0.15, 0.2) is 20.6 Å². The third kappa shape index (κ3) is 4.42. The van der Waals surface area contributed by atoms with Crippen LogP contribution in [0.2, 0.25) is 0 Å². The molecule has 1 aromatic carbocycles. The molecule has 37 heavy (non-hydrogen) atoms. The molecular weight excluding hydrogens is 529 g/mol. The fourth-order valence-corrected chi connectivity index (χ4v) is 6.86. The highest BCUT2D eigenvalue weighted by atomic mass is 32.2. The monoisotopic (exact) mass is 550 g/mol. The first kappa shape index (κ1) is 25.4. The van der Waals surface area contributed by atoms with E-state index in [4.69, 9.17) is 22.2 Å². The van der Waals surface area contributed by atoms with Gasteiger partial charge in [0.25, 0.3) is 5.91 Å². The van der Waals surface area contributed by atoms with Crippen LogP contribution in [-0.2, 0) is 20.8 Å². The molecule has 3 heterocycles. The van der Waals surface area contributed by atoms with E-state index in [0.29, 0.717) is 37.1 Å². The molecule has 194 valence electrons. The van der Waals surface area contributed by atoms with Crippen LogP contribution in [0.5, 0.6) is 5.75 Å². The number of nitrogens with zero attached hydrogens (tertiary/aromatic N) is 4. The van der Waals surface area contributed by atoms with Gasteiger partial charge in [-0.25, -0.2) is 13.4 Å². The number of pyridine rings is 1. The van der Waals surface area contributed by atoms with E-state index in [1.807, 2.05) is 0 Å². The van der Waals surface area contributed by atoms with Crippen LogP contribution in [-0.4, -0.2) is 47.6 Å². The van der Waals surface area contributed by atoms with Crippen molar-refractivity contribution >= 4 is 44.4 Å². The molecule has 8 nitrogen and oxygen atoms in total. The number of ether oxygens (including phenoxy) is 1. The zero-order valence-corrected chi connectivity index (χ0v) is 21.0. The fraction of sp³-hybridized carbons (Fsp3) is 0.417. The van der Waals surface area contributed by atoms with Gasteiger partial charge in [-0.2, -0.15) is 18.4 Å². The summed E-state index contributed by atoms with van der Waals surface area (Å²) in [4.78, 5) is 19.9. The van der Waals surface area contributed by atoms with Crippen molar-refractivity contribution in [3.8, 4) is 11.8 Å². The van der Waals surface area contributed by atoms with E-state index in [-0.39, 0.29) is 28.4 Å². The zero-order valence-electron chi connectivity index (χ0n) is 19.4. The molecule has 2 aliphatic heterocycles. The van der Waals surface area contributed by atoms with E-state index in [0.717, 1.165) is 23.6 Å². The maximum atomic E-state index is 13.6. The van der Waals surface area contributed by atoms with Crippen molar-refractivity contribution in [2.24, 2.45) is 0 Å². The quantitative estimate of drug-likeness (QED) is 0.527. The van der Waals surface area contributed by atoms with Crippen molar-refractivity contribution in [2.75, 3.05) is 21.3 Å². The van der Waals surface area contributed by atoms with Gasteiger partial charge in [-0.15, -0.1) is 0 Å². The summed E-state index contributed by atoms with van der Waals surface area (Å²) in [5.41, 5.74) is -2.60. The SMILES string of the molecule is N#Cc1ncc(N2C(=O)C3(CCC3)N(c3ccc(OC4CCS(=O)(=O)CC4)cc3)C2=S)cc1C(F)(F)F. The number of rotatable bonds is 4. The second-order valence-corrected chi connectivity index (χ2v) is 12.0. The highest BCUT2D eigenvalue weighted by Gasteiger charge is 2.59. The Bertz CT molecular complexity index is 1400. The van der Waals surface area contributed by atoms with E-state index in [1.54, 1.807) is 29.2 Å². The maximum Gasteiger partial charge on any atom is 0.419 e. The number of halogens is 3. The van der Waals surface area contributed by atoms with E-state index in [1.165, 1.54) is 6.07 Å². The normalized spacial score (nSPS) is 21.1. The number of hydrogen-bond donors (Lipinski definition) is 0. The fourth-order valence-electron chi connectivity index (χ4n) is 4.94. The van der Waals surface area contributed by atoms with Crippen molar-refractivity contribution in [1.82, 2.24) is 4.98 Å². The van der Waals surface area contributed by atoms with Crippen LogP contribution in [0.25, 0.3) is 0 Å². The molecule has 0 bridgehead atoms. The number of anilines is 2. The minimum absolute atomic E-state index is 0.0236. The number of sulfone groups is 1. The van der Waals surface area contributed by atoms with Crippen LogP contribution in [0.4, 0.5) is 24.5 Å². The maximum absolute atomic E-state index is 13.6. The van der Waals surface area contributed by atoms with Crippen LogP contribution < -0.4 is 14.5 Å². The number of aromatic nitrogens is 1. The van der Waals surface area contributed by atoms with E-state index in [2.05, 4.69) is 4.98 Å². The second kappa shape index (κ2) is 8.95. The lowest BCUT2D eigenvalue weighted by atomic mass is 9.75. The molecule has 0 N–H and O–H groups in total. The van der Waals surface area contributed by atoms with Gasteiger partial charge in [0.2, 0.25) is 0 Å². The van der Waals surface area contributed by atoms with Gasteiger partial charge in [-0.05, 0) is 74.7 Å². The van der Waals surface area contributed by atoms with Gasteiger partial charge in [-0.1, -0.05) is 0 Å². The van der Waals surface area contributed by atoms with Gasteiger partial charge in [-0.3, -0.25) is 9.69 Å². The summed E-state index contributed by atoms with van der Waals surface area (Å²) in [5, 5.41) is 9.07. The number of amides is 1. The first-order chi connectivity index (χ1) is 17.4. The summed E-state index contributed by atoms with van der Waals surface area (Å²) >= 11 is 5.60. The Morgan fingerprint density at radius 1 is 1.14 bits per heavy atom. The molecular formula is C24H21F3N4O4S2. The van der Waals surface area contributed by atoms with Crippen LogP contribution in [0.3, 0.4) is 0 Å². The first-order valence-electron chi connectivity index (χ1n) is 11.6. The number of carbonyl (C=O) groups is 1. The predicted molar refractivity (Wildman–Crippen MR) is 132 cm³/mol. The van der Waals surface area contributed by atoms with E-state index >= 15 is 0 Å². The topological polar surface area (TPSA) is 104 Å². The average molecular weight is 551 g/mol. The number of alkyl halides is 3. The summed E-state index contributed by atoms with van der Waals surface area (Å²) in [6, 6.07) is 9.00. The van der Waals surface area contributed by atoms with Crippen LogP contribution in [0, 0.1) is 11.3 Å². The Hall–Kier alpha value is -3.24. The number of hydrogen-bond acceptors (Lipinski definition) is 7. The van der Waals surface area contributed by atoms with Gasteiger partial charge < -0.3 is 9.64 Å². The standard InChI is InChI=1S/C24H21F3N4O4S2/c25-24(26,27)19-12-16(14-29-20(19)13-28)30-21(32)23(8-1-9-23)31(22(30)36)15-2-4-17(5-3-15)35-18-6-10-37(33,34)11-7-18/h2-5,12,14,18H,1,6-11H2. The minimum atomic E-state index is -4.83. The largest absolute Gasteiger partial charge is 0.490 e. The molecule has 1 saturated carbocycles. The van der Waals surface area contributed by atoms with Gasteiger partial charge >= 0.3 is 6.18 Å². The smallest absolute Gasteiger partial charge is 0.419 e. The number of benzene rings is 1. The van der Waals surface area contributed by atoms with Crippen molar-refractivity contribution in [2.45, 2.75) is 49.9 Å². The summed E-state index contributed by atoms with van der Waals surface area (Å²) in [6.45, 7) is 0. The lowest BCUT2D eigenvalue weighted by molar-refractivity contribution is -0.138. The molecule has 0 atom stereocenters. The number of thiocarbonyl (C=S) groups is 1. The lowest BCUT2D eigenvalue weighted by Gasteiger charge is -2.43. The molecule has 2 saturated heterocycles. The van der Waals surface area contributed by atoms with Gasteiger partial charge in [0, 0.05) is 5.69 Å². The summed E-state index contributed by atoms with van der Waals surface area (Å²) in [7, 11) is -3.01. The molecule has 0 radical (unpaired) electrons. The average Bonchev–Trinajstić information content (AvgIpc) is 3.06. The third-order valence-corrected chi connectivity index (χ3v) is 9.12. The molecule has 3 fully saturated rings. The van der Waals surface area contributed by atoms with Crippen LogP contribution >= 0.6 is 12.2 Å². The summed E-state index contributed by atoms with van der Waals surface area (Å²) in [6.07, 6.45) is -1.47. The molecule has 1 amide bonds. The number of nitriles is 1. The minimum Gasteiger partial charge on any atom is -0.490 e. The lowest BCUT2D eigenvalue weighted by Crippen LogP contribution is -2.55. The highest BCUT2D eigenvalue weighted by Crippen LogP contribution is 2.48. The molecule has 13 heteroatoms.